The van der Waals surface area contributed by atoms with Crippen LogP contribution in [0.2, 0.25) is 5.15 Å². The largest absolute Gasteiger partial charge is 0.378 e. The van der Waals surface area contributed by atoms with Gasteiger partial charge in [0.1, 0.15) is 11.0 Å². The molecular weight excluding hydrogens is 364 g/mol. The Bertz CT molecular complexity index is 956. The Labute approximate surface area is 162 Å². The molecule has 2 aliphatic rings. The molecule has 2 saturated heterocycles. The van der Waals surface area contributed by atoms with Crippen LogP contribution < -0.4 is 4.90 Å². The maximum Gasteiger partial charge on any atom is 0.156 e. The first kappa shape index (κ1) is 16.9. The number of rotatable bonds is 3. The Morgan fingerprint density at radius 3 is 2.78 bits per heavy atom. The van der Waals surface area contributed by atoms with Crippen LogP contribution in [-0.4, -0.2) is 70.1 Å². The maximum atomic E-state index is 6.07. The molecule has 0 amide bonds. The average molecular weight is 385 g/mol. The lowest BCUT2D eigenvalue weighted by atomic mass is 10.2. The molecule has 3 aromatic heterocycles. The minimum atomic E-state index is 0.452. The summed E-state index contributed by atoms with van der Waals surface area (Å²) in [7, 11) is 0. The molecule has 7 nitrogen and oxygen atoms in total. The van der Waals surface area contributed by atoms with Crippen molar-refractivity contribution in [1.29, 1.82) is 0 Å². The van der Waals surface area contributed by atoms with E-state index >= 15 is 0 Å². The van der Waals surface area contributed by atoms with E-state index in [-0.39, 0.29) is 0 Å². The van der Waals surface area contributed by atoms with Gasteiger partial charge in [-0.1, -0.05) is 17.7 Å². The van der Waals surface area contributed by atoms with Crippen molar-refractivity contribution in [3.63, 3.8) is 0 Å². The van der Waals surface area contributed by atoms with E-state index in [1.54, 1.807) is 12.4 Å². The number of hydrogen-bond acceptors (Lipinski definition) is 6. The number of halogens is 1. The van der Waals surface area contributed by atoms with Gasteiger partial charge in [-0.3, -0.25) is 4.90 Å². The van der Waals surface area contributed by atoms with Gasteiger partial charge in [0.05, 0.1) is 31.0 Å². The molecule has 2 fully saturated rings. The van der Waals surface area contributed by atoms with Crippen molar-refractivity contribution in [2.24, 2.45) is 0 Å². The van der Waals surface area contributed by atoms with Gasteiger partial charge in [-0.25, -0.2) is 14.6 Å². The van der Waals surface area contributed by atoms with Crippen LogP contribution in [0, 0.1) is 0 Å². The molecule has 3 aromatic rings. The van der Waals surface area contributed by atoms with Gasteiger partial charge in [-0.2, -0.15) is 5.10 Å². The summed E-state index contributed by atoms with van der Waals surface area (Å²) in [5.74, 6) is 1.78. The van der Waals surface area contributed by atoms with Gasteiger partial charge in [-0.15, -0.1) is 0 Å². The standard InChI is InChI=1S/C19H21ClN6O/c20-17-9-16-14(10-21-17)11-22-26(16)19-4-1-3-18(23-19)25-6-2-5-24(7-8-25)15-12-27-13-15/h1,3-4,9-11,15H,2,5-8,12-13H2. The molecule has 0 spiro atoms. The van der Waals surface area contributed by atoms with Crippen molar-refractivity contribution in [2.45, 2.75) is 12.5 Å². The summed E-state index contributed by atoms with van der Waals surface area (Å²) in [5.41, 5.74) is 0.909. The first-order valence-corrected chi connectivity index (χ1v) is 9.69. The van der Waals surface area contributed by atoms with E-state index in [0.717, 1.165) is 68.4 Å². The van der Waals surface area contributed by atoms with Crippen molar-refractivity contribution in [3.8, 4) is 5.82 Å². The van der Waals surface area contributed by atoms with Crippen molar-refractivity contribution < 1.29 is 4.74 Å². The molecule has 27 heavy (non-hydrogen) atoms. The molecule has 0 N–H and O–H groups in total. The van der Waals surface area contributed by atoms with Crippen LogP contribution in [0.4, 0.5) is 5.82 Å². The van der Waals surface area contributed by atoms with Crippen molar-refractivity contribution in [3.05, 3.63) is 41.8 Å². The van der Waals surface area contributed by atoms with Crippen molar-refractivity contribution >= 4 is 28.3 Å². The van der Waals surface area contributed by atoms with E-state index in [9.17, 15) is 0 Å². The highest BCUT2D eigenvalue weighted by atomic mass is 35.5. The van der Waals surface area contributed by atoms with Gasteiger partial charge in [0, 0.05) is 43.8 Å². The number of pyridine rings is 2. The first-order valence-electron chi connectivity index (χ1n) is 9.31. The van der Waals surface area contributed by atoms with Crippen LogP contribution in [0.3, 0.4) is 0 Å². The van der Waals surface area contributed by atoms with Gasteiger partial charge >= 0.3 is 0 Å². The lowest BCUT2D eigenvalue weighted by molar-refractivity contribution is -0.0625. The summed E-state index contributed by atoms with van der Waals surface area (Å²) in [5, 5.41) is 5.88. The molecule has 0 aromatic carbocycles. The predicted molar refractivity (Wildman–Crippen MR) is 105 cm³/mol. The van der Waals surface area contributed by atoms with E-state index in [0.29, 0.717) is 11.2 Å². The monoisotopic (exact) mass is 384 g/mol. The maximum absolute atomic E-state index is 6.07. The highest BCUT2D eigenvalue weighted by molar-refractivity contribution is 6.30. The fraction of sp³-hybridized carbons (Fsp3) is 0.421. The molecule has 0 unspecified atom stereocenters. The third kappa shape index (κ3) is 3.26. The van der Waals surface area contributed by atoms with Crippen LogP contribution in [0.25, 0.3) is 16.7 Å². The molecule has 0 atom stereocenters. The topological polar surface area (TPSA) is 59.3 Å². The molecule has 0 bridgehead atoms. The zero-order chi connectivity index (χ0) is 18.2. The summed E-state index contributed by atoms with van der Waals surface area (Å²) in [6.07, 6.45) is 4.66. The van der Waals surface area contributed by atoms with Crippen LogP contribution in [0.15, 0.2) is 36.7 Å². The smallest absolute Gasteiger partial charge is 0.156 e. The van der Waals surface area contributed by atoms with Crippen LogP contribution in [0.5, 0.6) is 0 Å². The van der Waals surface area contributed by atoms with Crippen molar-refractivity contribution in [1.82, 2.24) is 24.6 Å². The number of ether oxygens (including phenoxy) is 1. The lowest BCUT2D eigenvalue weighted by Crippen LogP contribution is -2.50. The van der Waals surface area contributed by atoms with E-state index in [1.807, 2.05) is 22.9 Å². The van der Waals surface area contributed by atoms with Crippen molar-refractivity contribution in [2.75, 3.05) is 44.3 Å². The Balaban J connectivity index is 1.40. The molecule has 140 valence electrons. The normalized spacial score (nSPS) is 19.2. The second kappa shape index (κ2) is 7.07. The summed E-state index contributed by atoms with van der Waals surface area (Å²) >= 11 is 6.07. The number of anilines is 1. The second-order valence-electron chi connectivity index (χ2n) is 7.04. The van der Waals surface area contributed by atoms with E-state index in [1.165, 1.54) is 0 Å². The van der Waals surface area contributed by atoms with Gasteiger partial charge in [0.2, 0.25) is 0 Å². The molecule has 0 saturated carbocycles. The molecule has 0 radical (unpaired) electrons. The highest BCUT2D eigenvalue weighted by Crippen LogP contribution is 2.22. The molecule has 2 aliphatic heterocycles. The van der Waals surface area contributed by atoms with Gasteiger partial charge in [-0.05, 0) is 18.6 Å². The fourth-order valence-corrected chi connectivity index (χ4v) is 3.90. The lowest BCUT2D eigenvalue weighted by Gasteiger charge is -2.36. The summed E-state index contributed by atoms with van der Waals surface area (Å²) in [6, 6.07) is 8.50. The highest BCUT2D eigenvalue weighted by Gasteiger charge is 2.27. The Morgan fingerprint density at radius 1 is 1.04 bits per heavy atom. The van der Waals surface area contributed by atoms with E-state index < -0.39 is 0 Å². The fourth-order valence-electron chi connectivity index (χ4n) is 3.75. The van der Waals surface area contributed by atoms with E-state index in [4.69, 9.17) is 21.3 Å². The number of fused-ring (bicyclic) bond motifs is 1. The molecule has 0 aliphatic carbocycles. The van der Waals surface area contributed by atoms with Gasteiger partial charge in [0.25, 0.3) is 0 Å². The molecule has 8 heteroatoms. The Morgan fingerprint density at radius 2 is 1.93 bits per heavy atom. The molecule has 5 rings (SSSR count). The van der Waals surface area contributed by atoms with E-state index in [2.05, 4.69) is 25.9 Å². The zero-order valence-electron chi connectivity index (χ0n) is 15.0. The van der Waals surface area contributed by atoms with Gasteiger partial charge < -0.3 is 9.64 Å². The number of hydrogen-bond donors (Lipinski definition) is 0. The summed E-state index contributed by atoms with van der Waals surface area (Å²) in [6.45, 7) is 5.90. The predicted octanol–water partition coefficient (Wildman–Crippen LogP) is 2.38. The Kier molecular flexibility index (Phi) is 4.43. The third-order valence-electron chi connectivity index (χ3n) is 5.35. The first-order chi connectivity index (χ1) is 13.3. The average Bonchev–Trinajstić information content (AvgIpc) is 2.90. The third-order valence-corrected chi connectivity index (χ3v) is 5.55. The summed E-state index contributed by atoms with van der Waals surface area (Å²) < 4.78 is 7.17. The van der Waals surface area contributed by atoms with Gasteiger partial charge in [0.15, 0.2) is 5.82 Å². The number of nitrogens with zero attached hydrogens (tertiary/aromatic N) is 6. The van der Waals surface area contributed by atoms with Crippen LogP contribution >= 0.6 is 11.6 Å². The number of aromatic nitrogens is 4. The molecule has 5 heterocycles. The quantitative estimate of drug-likeness (QED) is 0.646. The molecular formula is C19H21ClN6O. The summed E-state index contributed by atoms with van der Waals surface area (Å²) in [4.78, 5) is 13.9. The Hall–Kier alpha value is -2.22. The minimum absolute atomic E-state index is 0.452. The minimum Gasteiger partial charge on any atom is -0.378 e. The SMILES string of the molecule is Clc1cc2c(cn1)cnn2-c1cccc(N2CCCN(C3COC3)CC2)n1. The van der Waals surface area contributed by atoms with Crippen LogP contribution in [-0.2, 0) is 4.74 Å². The van der Waals surface area contributed by atoms with Crippen LogP contribution in [0.1, 0.15) is 6.42 Å². The second-order valence-corrected chi connectivity index (χ2v) is 7.43. The zero-order valence-corrected chi connectivity index (χ0v) is 15.7.